The number of rotatable bonds is 2. The first kappa shape index (κ1) is 11.2. The highest BCUT2D eigenvalue weighted by atomic mass is 79.9. The van der Waals surface area contributed by atoms with Crippen molar-refractivity contribution in [2.75, 3.05) is 0 Å². The maximum Gasteiger partial charge on any atom is 0.217 e. The van der Waals surface area contributed by atoms with Crippen LogP contribution in [0.2, 0.25) is 0 Å². The molecule has 0 saturated heterocycles. The summed E-state index contributed by atoms with van der Waals surface area (Å²) in [4.78, 5) is 10.8. The molecule has 0 aliphatic rings. The summed E-state index contributed by atoms with van der Waals surface area (Å²) in [5.74, 6) is -0.486. The van der Waals surface area contributed by atoms with E-state index in [-0.39, 0.29) is 17.8 Å². The number of hydrogen-bond acceptors (Lipinski definition) is 1. The summed E-state index contributed by atoms with van der Waals surface area (Å²) in [7, 11) is 0. The Labute approximate surface area is 90.6 Å². The second kappa shape index (κ2) is 4.55. The fourth-order valence-electron chi connectivity index (χ4n) is 1.24. The summed E-state index contributed by atoms with van der Waals surface area (Å²) in [6.07, 6.45) is 0. The Balaban J connectivity index is 2.90. The lowest BCUT2D eigenvalue weighted by atomic mass is 10.1. The van der Waals surface area contributed by atoms with Crippen molar-refractivity contribution >= 4 is 21.8 Å². The first-order chi connectivity index (χ1) is 6.50. The van der Waals surface area contributed by atoms with Crippen LogP contribution in [0.1, 0.15) is 25.5 Å². The molecule has 0 bridgehead atoms. The van der Waals surface area contributed by atoms with E-state index >= 15 is 0 Å². The van der Waals surface area contributed by atoms with E-state index in [1.165, 1.54) is 13.0 Å². The number of carbonyl (C=O) groups excluding carboxylic acids is 1. The lowest BCUT2D eigenvalue weighted by molar-refractivity contribution is -0.119. The quantitative estimate of drug-likeness (QED) is 0.870. The van der Waals surface area contributed by atoms with E-state index in [4.69, 9.17) is 0 Å². The predicted molar refractivity (Wildman–Crippen MR) is 56.3 cm³/mol. The molecule has 1 aromatic carbocycles. The lowest BCUT2D eigenvalue weighted by Crippen LogP contribution is -2.24. The van der Waals surface area contributed by atoms with E-state index in [0.29, 0.717) is 10.0 Å². The zero-order chi connectivity index (χ0) is 10.7. The van der Waals surface area contributed by atoms with E-state index in [1.54, 1.807) is 19.1 Å². The van der Waals surface area contributed by atoms with E-state index < -0.39 is 0 Å². The zero-order valence-electron chi connectivity index (χ0n) is 7.97. The number of halogens is 2. The van der Waals surface area contributed by atoms with Gasteiger partial charge in [-0.15, -0.1) is 0 Å². The molecule has 76 valence electrons. The SMILES string of the molecule is CC(=O)N[C@@H](C)c1ccc(Br)cc1F. The summed E-state index contributed by atoms with van der Waals surface area (Å²) >= 11 is 3.17. The van der Waals surface area contributed by atoms with Gasteiger partial charge in [-0.2, -0.15) is 0 Å². The van der Waals surface area contributed by atoms with Gasteiger partial charge >= 0.3 is 0 Å². The summed E-state index contributed by atoms with van der Waals surface area (Å²) < 4.78 is 14.1. The third-order valence-corrected chi connectivity index (χ3v) is 2.34. The van der Waals surface area contributed by atoms with Gasteiger partial charge in [0.15, 0.2) is 0 Å². The van der Waals surface area contributed by atoms with Gasteiger partial charge in [0.05, 0.1) is 6.04 Å². The molecule has 0 heterocycles. The van der Waals surface area contributed by atoms with Crippen molar-refractivity contribution in [1.82, 2.24) is 5.32 Å². The summed E-state index contributed by atoms with van der Waals surface area (Å²) in [5.41, 5.74) is 0.489. The highest BCUT2D eigenvalue weighted by Crippen LogP contribution is 2.20. The molecule has 0 aliphatic carbocycles. The van der Waals surface area contributed by atoms with Crippen molar-refractivity contribution in [3.05, 3.63) is 34.1 Å². The van der Waals surface area contributed by atoms with Crippen molar-refractivity contribution in [3.8, 4) is 0 Å². The average Bonchev–Trinajstić information content (AvgIpc) is 2.01. The molecule has 1 aromatic rings. The van der Waals surface area contributed by atoms with Crippen LogP contribution >= 0.6 is 15.9 Å². The molecule has 0 aliphatic heterocycles. The van der Waals surface area contributed by atoms with Gasteiger partial charge in [0.2, 0.25) is 5.91 Å². The number of amides is 1. The number of benzene rings is 1. The summed E-state index contributed by atoms with van der Waals surface area (Å²) in [6.45, 7) is 3.15. The fourth-order valence-corrected chi connectivity index (χ4v) is 1.57. The smallest absolute Gasteiger partial charge is 0.217 e. The van der Waals surface area contributed by atoms with Crippen LogP contribution in [0, 0.1) is 5.82 Å². The Morgan fingerprint density at radius 1 is 1.57 bits per heavy atom. The van der Waals surface area contributed by atoms with Gasteiger partial charge in [-0.05, 0) is 19.1 Å². The number of carbonyl (C=O) groups is 1. The minimum atomic E-state index is -0.319. The maximum atomic E-state index is 13.4. The van der Waals surface area contributed by atoms with E-state index in [9.17, 15) is 9.18 Å². The molecule has 14 heavy (non-hydrogen) atoms. The third kappa shape index (κ3) is 2.80. The Morgan fingerprint density at radius 3 is 2.71 bits per heavy atom. The monoisotopic (exact) mass is 259 g/mol. The first-order valence-corrected chi connectivity index (χ1v) is 5.02. The molecule has 1 rings (SSSR count). The molecular formula is C10H11BrFNO. The van der Waals surface area contributed by atoms with Gasteiger partial charge in [-0.1, -0.05) is 22.0 Å². The molecule has 1 atom stereocenters. The molecule has 0 unspecified atom stereocenters. The summed E-state index contributed by atoms with van der Waals surface area (Å²) in [5, 5.41) is 2.63. The topological polar surface area (TPSA) is 29.1 Å². The second-order valence-corrected chi connectivity index (χ2v) is 4.00. The molecule has 0 aromatic heterocycles. The normalized spacial score (nSPS) is 12.3. The summed E-state index contributed by atoms with van der Waals surface area (Å²) in [6, 6.07) is 4.48. The molecule has 0 radical (unpaired) electrons. The van der Waals surface area contributed by atoms with Crippen molar-refractivity contribution < 1.29 is 9.18 Å². The van der Waals surface area contributed by atoms with Crippen LogP contribution in [0.3, 0.4) is 0 Å². The average molecular weight is 260 g/mol. The molecule has 4 heteroatoms. The van der Waals surface area contributed by atoms with Crippen LogP contribution in [0.5, 0.6) is 0 Å². The van der Waals surface area contributed by atoms with Crippen molar-refractivity contribution in [1.29, 1.82) is 0 Å². The molecule has 0 saturated carbocycles. The van der Waals surface area contributed by atoms with Crippen LogP contribution in [0.4, 0.5) is 4.39 Å². The molecule has 0 spiro atoms. The minimum absolute atomic E-state index is 0.167. The highest BCUT2D eigenvalue weighted by Gasteiger charge is 2.11. The van der Waals surface area contributed by atoms with E-state index in [1.807, 2.05) is 0 Å². The Hall–Kier alpha value is -0.900. The van der Waals surface area contributed by atoms with E-state index in [0.717, 1.165) is 0 Å². The van der Waals surface area contributed by atoms with Crippen LogP contribution in [-0.4, -0.2) is 5.91 Å². The van der Waals surface area contributed by atoms with Crippen LogP contribution in [0.25, 0.3) is 0 Å². The number of nitrogens with one attached hydrogen (secondary N) is 1. The molecule has 1 amide bonds. The number of hydrogen-bond donors (Lipinski definition) is 1. The Kier molecular flexibility index (Phi) is 3.63. The Morgan fingerprint density at radius 2 is 2.21 bits per heavy atom. The van der Waals surface area contributed by atoms with Gasteiger partial charge in [0, 0.05) is 17.0 Å². The highest BCUT2D eigenvalue weighted by molar-refractivity contribution is 9.10. The van der Waals surface area contributed by atoms with Gasteiger partial charge < -0.3 is 5.32 Å². The van der Waals surface area contributed by atoms with Gasteiger partial charge in [-0.25, -0.2) is 4.39 Å². The standard InChI is InChI=1S/C10H11BrFNO/c1-6(13-7(2)14)9-4-3-8(11)5-10(9)12/h3-6H,1-2H3,(H,13,14)/t6-/m0/s1. The lowest BCUT2D eigenvalue weighted by Gasteiger charge is -2.13. The maximum absolute atomic E-state index is 13.4. The molecule has 1 N–H and O–H groups in total. The van der Waals surface area contributed by atoms with Crippen LogP contribution < -0.4 is 5.32 Å². The van der Waals surface area contributed by atoms with Crippen molar-refractivity contribution in [2.45, 2.75) is 19.9 Å². The first-order valence-electron chi connectivity index (χ1n) is 4.22. The van der Waals surface area contributed by atoms with E-state index in [2.05, 4.69) is 21.2 Å². The predicted octanol–water partition coefficient (Wildman–Crippen LogP) is 2.79. The van der Waals surface area contributed by atoms with Gasteiger partial charge in [-0.3, -0.25) is 4.79 Å². The van der Waals surface area contributed by atoms with Gasteiger partial charge in [0.25, 0.3) is 0 Å². The zero-order valence-corrected chi connectivity index (χ0v) is 9.56. The molecular weight excluding hydrogens is 249 g/mol. The minimum Gasteiger partial charge on any atom is -0.350 e. The Bertz CT molecular complexity index is 354. The molecule has 0 fully saturated rings. The second-order valence-electron chi connectivity index (χ2n) is 3.09. The molecule has 2 nitrogen and oxygen atoms in total. The van der Waals surface area contributed by atoms with Crippen LogP contribution in [-0.2, 0) is 4.79 Å². The van der Waals surface area contributed by atoms with Crippen molar-refractivity contribution in [3.63, 3.8) is 0 Å². The fraction of sp³-hybridized carbons (Fsp3) is 0.300. The largest absolute Gasteiger partial charge is 0.350 e. The van der Waals surface area contributed by atoms with Gasteiger partial charge in [0.1, 0.15) is 5.82 Å². The third-order valence-electron chi connectivity index (χ3n) is 1.85. The van der Waals surface area contributed by atoms with Crippen LogP contribution in [0.15, 0.2) is 22.7 Å². The van der Waals surface area contributed by atoms with Crippen molar-refractivity contribution in [2.24, 2.45) is 0 Å².